The summed E-state index contributed by atoms with van der Waals surface area (Å²) in [6.45, 7) is 2.19. The van der Waals surface area contributed by atoms with Crippen molar-refractivity contribution in [2.75, 3.05) is 0 Å². The molecule has 3 aromatic rings. The lowest BCUT2D eigenvalue weighted by Crippen LogP contribution is -2.10. The van der Waals surface area contributed by atoms with Crippen molar-refractivity contribution in [1.29, 1.82) is 0 Å². The van der Waals surface area contributed by atoms with Gasteiger partial charge in [-0.15, -0.1) is 0 Å². The van der Waals surface area contributed by atoms with Gasteiger partial charge in [0.2, 0.25) is 5.82 Å². The van der Waals surface area contributed by atoms with Crippen LogP contribution in [0.1, 0.15) is 54.9 Å². The van der Waals surface area contributed by atoms with Gasteiger partial charge in [-0.1, -0.05) is 75.1 Å². The number of aryl methyl sites for hydroxylation is 1. The fraction of sp³-hybridized carbons (Fsp3) is 0.269. The Morgan fingerprint density at radius 1 is 0.800 bits per heavy atom. The Labute approximate surface area is 176 Å². The van der Waals surface area contributed by atoms with Gasteiger partial charge in [0.05, 0.1) is 5.56 Å². The fourth-order valence-electron chi connectivity index (χ4n) is 3.35. The minimum absolute atomic E-state index is 0.140. The van der Waals surface area contributed by atoms with Gasteiger partial charge >= 0.3 is 5.97 Å². The molecule has 3 rings (SSSR count). The van der Waals surface area contributed by atoms with Gasteiger partial charge in [-0.3, -0.25) is 0 Å². The Kier molecular flexibility index (Phi) is 7.72. The molecule has 4 heteroatoms. The molecule has 0 aromatic heterocycles. The average molecular weight is 408 g/mol. The van der Waals surface area contributed by atoms with Gasteiger partial charge in [-0.2, -0.15) is 4.39 Å². The number of benzene rings is 3. The summed E-state index contributed by atoms with van der Waals surface area (Å²) in [7, 11) is 0. The van der Waals surface area contributed by atoms with Crippen LogP contribution in [0.5, 0.6) is 5.75 Å². The number of halogens is 2. The minimum Gasteiger partial charge on any atom is -0.420 e. The molecule has 30 heavy (non-hydrogen) atoms. The maximum Gasteiger partial charge on any atom is 0.343 e. The van der Waals surface area contributed by atoms with E-state index in [-0.39, 0.29) is 11.1 Å². The van der Waals surface area contributed by atoms with Gasteiger partial charge in [-0.05, 0) is 48.2 Å². The van der Waals surface area contributed by atoms with Crippen LogP contribution in [-0.2, 0) is 6.42 Å². The van der Waals surface area contributed by atoms with Gasteiger partial charge < -0.3 is 4.74 Å². The molecule has 0 unspecified atom stereocenters. The van der Waals surface area contributed by atoms with Gasteiger partial charge in [-0.25, -0.2) is 9.18 Å². The number of hydrogen-bond donors (Lipinski definition) is 0. The van der Waals surface area contributed by atoms with E-state index in [1.54, 1.807) is 42.5 Å². The number of carbonyl (C=O) groups excluding carboxylic acids is 1. The van der Waals surface area contributed by atoms with E-state index in [4.69, 9.17) is 4.74 Å². The highest BCUT2D eigenvalue weighted by Crippen LogP contribution is 2.30. The highest BCUT2D eigenvalue weighted by molar-refractivity contribution is 5.91. The number of hydrogen-bond acceptors (Lipinski definition) is 2. The normalized spacial score (nSPS) is 10.8. The van der Waals surface area contributed by atoms with Crippen LogP contribution in [0.4, 0.5) is 8.78 Å². The van der Waals surface area contributed by atoms with Gasteiger partial charge in [0.1, 0.15) is 0 Å². The molecule has 0 atom stereocenters. The zero-order valence-corrected chi connectivity index (χ0v) is 17.2. The molecule has 0 spiro atoms. The van der Waals surface area contributed by atoms with Crippen LogP contribution in [0.3, 0.4) is 0 Å². The Morgan fingerprint density at radius 2 is 1.50 bits per heavy atom. The fourth-order valence-corrected chi connectivity index (χ4v) is 3.35. The lowest BCUT2D eigenvalue weighted by Gasteiger charge is -2.10. The summed E-state index contributed by atoms with van der Waals surface area (Å²) in [6.07, 6.45) is 7.05. The molecular formula is C26H26F2O2. The van der Waals surface area contributed by atoms with Crippen LogP contribution < -0.4 is 4.74 Å². The van der Waals surface area contributed by atoms with E-state index in [9.17, 15) is 13.6 Å². The molecule has 156 valence electrons. The Morgan fingerprint density at radius 3 is 2.20 bits per heavy atom. The van der Waals surface area contributed by atoms with Crippen LogP contribution >= 0.6 is 0 Å². The average Bonchev–Trinajstić information content (AvgIpc) is 2.78. The van der Waals surface area contributed by atoms with E-state index >= 15 is 0 Å². The van der Waals surface area contributed by atoms with Crippen molar-refractivity contribution in [3.63, 3.8) is 0 Å². The van der Waals surface area contributed by atoms with E-state index < -0.39 is 23.4 Å². The topological polar surface area (TPSA) is 26.3 Å². The van der Waals surface area contributed by atoms with Crippen molar-refractivity contribution < 1.29 is 18.3 Å². The molecule has 0 saturated carbocycles. The monoisotopic (exact) mass is 408 g/mol. The third-order valence-corrected chi connectivity index (χ3v) is 5.09. The summed E-state index contributed by atoms with van der Waals surface area (Å²) in [6, 6.07) is 18.4. The van der Waals surface area contributed by atoms with Gasteiger partial charge in [0, 0.05) is 5.56 Å². The Balaban J connectivity index is 1.68. The van der Waals surface area contributed by atoms with E-state index in [1.165, 1.54) is 43.4 Å². The summed E-state index contributed by atoms with van der Waals surface area (Å²) in [5.74, 6) is -3.35. The van der Waals surface area contributed by atoms with E-state index in [2.05, 4.69) is 6.92 Å². The van der Waals surface area contributed by atoms with Crippen LogP contribution in [0.15, 0.2) is 66.7 Å². The van der Waals surface area contributed by atoms with Crippen molar-refractivity contribution in [3.05, 3.63) is 89.5 Å². The number of esters is 1. The number of unbranched alkanes of at least 4 members (excludes halogenated alkanes) is 4. The highest BCUT2D eigenvalue weighted by Gasteiger charge is 2.18. The SMILES string of the molecule is CCCCCCCc1ccc(-c2ccc(OC(=O)c3ccccc3)c(F)c2F)cc1. The molecule has 0 aliphatic rings. The van der Waals surface area contributed by atoms with E-state index in [0.29, 0.717) is 5.56 Å². The molecule has 2 nitrogen and oxygen atoms in total. The lowest BCUT2D eigenvalue weighted by atomic mass is 10.00. The van der Waals surface area contributed by atoms with E-state index in [1.807, 2.05) is 12.1 Å². The maximum atomic E-state index is 14.7. The zero-order valence-electron chi connectivity index (χ0n) is 17.2. The summed E-state index contributed by atoms with van der Waals surface area (Å²) in [5, 5.41) is 0. The molecule has 0 saturated heterocycles. The first-order chi connectivity index (χ1) is 14.6. The molecule has 3 aromatic carbocycles. The number of rotatable bonds is 9. The maximum absolute atomic E-state index is 14.7. The number of ether oxygens (including phenoxy) is 1. The van der Waals surface area contributed by atoms with Crippen molar-refractivity contribution in [1.82, 2.24) is 0 Å². The highest BCUT2D eigenvalue weighted by atomic mass is 19.2. The van der Waals surface area contributed by atoms with Crippen molar-refractivity contribution in [2.24, 2.45) is 0 Å². The first kappa shape index (κ1) is 21.7. The first-order valence-corrected chi connectivity index (χ1v) is 10.4. The minimum atomic E-state index is -1.17. The largest absolute Gasteiger partial charge is 0.420 e. The Bertz CT molecular complexity index is 966. The second-order valence-electron chi connectivity index (χ2n) is 7.36. The van der Waals surface area contributed by atoms with Gasteiger partial charge in [0.25, 0.3) is 0 Å². The smallest absolute Gasteiger partial charge is 0.343 e. The molecule has 0 aliphatic heterocycles. The summed E-state index contributed by atoms with van der Waals surface area (Å²) in [4.78, 5) is 12.1. The van der Waals surface area contributed by atoms with Crippen LogP contribution in [-0.4, -0.2) is 5.97 Å². The third kappa shape index (κ3) is 5.53. The zero-order chi connectivity index (χ0) is 21.3. The van der Waals surface area contributed by atoms with E-state index in [0.717, 1.165) is 12.8 Å². The molecular weight excluding hydrogens is 382 g/mol. The predicted octanol–water partition coefficient (Wildman–Crippen LogP) is 7.36. The van der Waals surface area contributed by atoms with Crippen LogP contribution in [0.25, 0.3) is 11.1 Å². The summed E-state index contributed by atoms with van der Waals surface area (Å²) in [5.41, 5.74) is 2.18. The summed E-state index contributed by atoms with van der Waals surface area (Å²) < 4.78 is 34.2. The second-order valence-corrected chi connectivity index (χ2v) is 7.36. The van der Waals surface area contributed by atoms with Crippen molar-refractivity contribution in [3.8, 4) is 16.9 Å². The predicted molar refractivity (Wildman–Crippen MR) is 116 cm³/mol. The molecule has 0 radical (unpaired) electrons. The molecule has 0 heterocycles. The van der Waals surface area contributed by atoms with Crippen molar-refractivity contribution >= 4 is 5.97 Å². The first-order valence-electron chi connectivity index (χ1n) is 10.4. The Hall–Kier alpha value is -3.01. The molecule has 0 bridgehead atoms. The van der Waals surface area contributed by atoms with Crippen molar-refractivity contribution in [2.45, 2.75) is 45.4 Å². The molecule has 0 N–H and O–H groups in total. The molecule has 0 fully saturated rings. The molecule has 0 amide bonds. The lowest BCUT2D eigenvalue weighted by molar-refractivity contribution is 0.0726. The van der Waals surface area contributed by atoms with Gasteiger partial charge in [0.15, 0.2) is 11.6 Å². The quantitative estimate of drug-likeness (QED) is 0.210. The molecule has 0 aliphatic carbocycles. The number of carbonyl (C=O) groups is 1. The van der Waals surface area contributed by atoms with Crippen LogP contribution in [0, 0.1) is 11.6 Å². The van der Waals surface area contributed by atoms with Crippen LogP contribution in [0.2, 0.25) is 0 Å². The standard InChI is InChI=1S/C26H26F2O2/c1-2-3-4-5-7-10-19-13-15-20(16-14-19)22-17-18-23(25(28)24(22)27)30-26(29)21-11-8-6-9-12-21/h6,8-9,11-18H,2-5,7,10H2,1H3. The third-order valence-electron chi connectivity index (χ3n) is 5.09. The summed E-state index contributed by atoms with van der Waals surface area (Å²) >= 11 is 0. The second kappa shape index (κ2) is 10.7.